The van der Waals surface area contributed by atoms with Gasteiger partial charge < -0.3 is 10.2 Å². The molecule has 1 heterocycles. The molecule has 1 aromatic carbocycles. The van der Waals surface area contributed by atoms with Crippen molar-refractivity contribution in [2.45, 2.75) is 17.4 Å². The van der Waals surface area contributed by atoms with Gasteiger partial charge in [0.05, 0.1) is 4.90 Å². The van der Waals surface area contributed by atoms with Crippen LogP contribution in [-0.2, 0) is 14.8 Å². The van der Waals surface area contributed by atoms with Crippen molar-refractivity contribution in [1.29, 1.82) is 0 Å². The fourth-order valence-corrected chi connectivity index (χ4v) is 4.24. The Balaban J connectivity index is 1.64. The van der Waals surface area contributed by atoms with Crippen LogP contribution in [0.3, 0.4) is 0 Å². The highest BCUT2D eigenvalue weighted by atomic mass is 32.2. The van der Waals surface area contributed by atoms with Crippen LogP contribution < -0.4 is 5.32 Å². The maximum absolute atomic E-state index is 12.6. The highest BCUT2D eigenvalue weighted by Gasteiger charge is 2.53. The first-order chi connectivity index (χ1) is 11.8. The lowest BCUT2D eigenvalue weighted by Crippen LogP contribution is -2.46. The molecule has 1 aliphatic heterocycles. The number of sulfonamides is 1. The highest BCUT2D eigenvalue weighted by Crippen LogP contribution is 2.34. The van der Waals surface area contributed by atoms with Gasteiger partial charge in [0, 0.05) is 43.2 Å². The van der Waals surface area contributed by atoms with Crippen molar-refractivity contribution in [2.75, 3.05) is 38.5 Å². The molecule has 0 bridgehead atoms. The van der Waals surface area contributed by atoms with Gasteiger partial charge in [-0.25, -0.2) is 8.42 Å². The molecule has 2 aliphatic rings. The molecule has 1 aliphatic carbocycles. The van der Waals surface area contributed by atoms with Crippen LogP contribution in [0.2, 0.25) is 0 Å². The van der Waals surface area contributed by atoms with E-state index >= 15 is 0 Å². The number of benzene rings is 1. The quantitative estimate of drug-likeness (QED) is 0.588. The molecular formula is C15H20N4O5S. The van der Waals surface area contributed by atoms with Crippen molar-refractivity contribution in [3.63, 3.8) is 0 Å². The Hall–Kier alpha value is -2.04. The van der Waals surface area contributed by atoms with E-state index in [2.05, 4.69) is 10.2 Å². The summed E-state index contributed by atoms with van der Waals surface area (Å²) in [6, 6.07) is 5.09. The maximum Gasteiger partial charge on any atom is 0.243 e. The summed E-state index contributed by atoms with van der Waals surface area (Å²) in [7, 11) is -1.60. The Labute approximate surface area is 145 Å². The minimum atomic E-state index is -3.55. The molecule has 136 valence electrons. The van der Waals surface area contributed by atoms with E-state index in [4.69, 9.17) is 0 Å². The lowest BCUT2D eigenvalue weighted by atomic mass is 10.3. The van der Waals surface area contributed by atoms with Gasteiger partial charge in [0.2, 0.25) is 22.0 Å². The number of piperazine rings is 1. The number of carbonyl (C=O) groups excluding carboxylic acids is 1. The largest absolute Gasteiger partial charge is 0.326 e. The molecule has 2 fully saturated rings. The first kappa shape index (κ1) is 17.8. The van der Waals surface area contributed by atoms with Gasteiger partial charge in [-0.05, 0) is 31.3 Å². The van der Waals surface area contributed by atoms with Crippen LogP contribution in [0.4, 0.5) is 5.69 Å². The fourth-order valence-electron chi connectivity index (χ4n) is 2.82. The van der Waals surface area contributed by atoms with E-state index < -0.39 is 32.8 Å². The van der Waals surface area contributed by atoms with Gasteiger partial charge in [0.15, 0.2) is 0 Å². The van der Waals surface area contributed by atoms with E-state index in [9.17, 15) is 23.3 Å². The maximum atomic E-state index is 12.6. The topological polar surface area (TPSA) is 113 Å². The van der Waals surface area contributed by atoms with Crippen LogP contribution >= 0.6 is 0 Å². The second-order valence-electron chi connectivity index (χ2n) is 6.42. The zero-order valence-electron chi connectivity index (χ0n) is 13.8. The van der Waals surface area contributed by atoms with Gasteiger partial charge in [-0.2, -0.15) is 4.31 Å². The minimum absolute atomic E-state index is 0.171. The Morgan fingerprint density at radius 2 is 1.80 bits per heavy atom. The molecule has 0 radical (unpaired) electrons. The number of nitrogens with one attached hydrogen (secondary N) is 1. The SMILES string of the molecule is CN1CCN(S(=O)(=O)c2ccc(NC(=O)C3CC3[N+](=O)[O-])cc2)CC1. The van der Waals surface area contributed by atoms with E-state index in [1.165, 1.54) is 28.6 Å². The summed E-state index contributed by atoms with van der Waals surface area (Å²) in [5.41, 5.74) is 0.427. The molecule has 1 saturated heterocycles. The zero-order valence-corrected chi connectivity index (χ0v) is 14.6. The predicted molar refractivity (Wildman–Crippen MR) is 90.2 cm³/mol. The summed E-state index contributed by atoms with van der Waals surface area (Å²) in [5.74, 6) is -1.01. The standard InChI is InChI=1S/C15H20N4O5S/c1-17-6-8-18(9-7-17)25(23,24)12-4-2-11(3-5-12)16-15(20)13-10-14(13)19(21)22/h2-5,13-14H,6-10H2,1H3,(H,16,20). The fraction of sp³-hybridized carbons (Fsp3) is 0.533. The van der Waals surface area contributed by atoms with Crippen LogP contribution in [0.15, 0.2) is 29.2 Å². The van der Waals surface area contributed by atoms with Gasteiger partial charge in [0.1, 0.15) is 5.92 Å². The summed E-state index contributed by atoms with van der Waals surface area (Å²) in [5, 5.41) is 13.2. The number of rotatable bonds is 5. The summed E-state index contributed by atoms with van der Waals surface area (Å²) >= 11 is 0. The number of nitrogens with zero attached hydrogens (tertiary/aromatic N) is 3. The average molecular weight is 368 g/mol. The number of hydrogen-bond donors (Lipinski definition) is 1. The van der Waals surface area contributed by atoms with E-state index in [0.717, 1.165) is 0 Å². The molecule has 3 rings (SSSR count). The molecule has 1 N–H and O–H groups in total. The third-order valence-electron chi connectivity index (χ3n) is 4.59. The number of nitro groups is 1. The van der Waals surface area contributed by atoms with Gasteiger partial charge >= 0.3 is 0 Å². The first-order valence-electron chi connectivity index (χ1n) is 8.02. The number of hydrogen-bond acceptors (Lipinski definition) is 6. The lowest BCUT2D eigenvalue weighted by Gasteiger charge is -2.31. The van der Waals surface area contributed by atoms with Crippen molar-refractivity contribution in [3.05, 3.63) is 34.4 Å². The first-order valence-corrected chi connectivity index (χ1v) is 9.46. The van der Waals surface area contributed by atoms with E-state index in [1.54, 1.807) is 0 Å². The molecule has 0 spiro atoms. The Kier molecular flexibility index (Phi) is 4.76. The molecule has 10 heteroatoms. The van der Waals surface area contributed by atoms with E-state index in [-0.39, 0.29) is 11.3 Å². The summed E-state index contributed by atoms with van der Waals surface area (Å²) in [4.78, 5) is 24.3. The van der Waals surface area contributed by atoms with Crippen molar-refractivity contribution >= 4 is 21.6 Å². The van der Waals surface area contributed by atoms with Crippen LogP contribution in [0, 0.1) is 16.0 Å². The van der Waals surface area contributed by atoms with Gasteiger partial charge in [-0.15, -0.1) is 0 Å². The van der Waals surface area contributed by atoms with Gasteiger partial charge in [0.25, 0.3) is 0 Å². The van der Waals surface area contributed by atoms with Crippen molar-refractivity contribution in [1.82, 2.24) is 9.21 Å². The third-order valence-corrected chi connectivity index (χ3v) is 6.50. The monoisotopic (exact) mass is 368 g/mol. The number of carbonyl (C=O) groups is 1. The highest BCUT2D eigenvalue weighted by molar-refractivity contribution is 7.89. The third kappa shape index (κ3) is 3.80. The van der Waals surface area contributed by atoms with Crippen molar-refractivity contribution < 1.29 is 18.1 Å². The Morgan fingerprint density at radius 3 is 2.32 bits per heavy atom. The molecule has 1 saturated carbocycles. The smallest absolute Gasteiger partial charge is 0.243 e. The Morgan fingerprint density at radius 1 is 1.20 bits per heavy atom. The molecule has 2 atom stereocenters. The van der Waals surface area contributed by atoms with Crippen LogP contribution in [0.1, 0.15) is 6.42 Å². The second kappa shape index (κ2) is 6.70. The number of likely N-dealkylation sites (N-methyl/N-ethyl adjacent to an activating group) is 1. The van der Waals surface area contributed by atoms with E-state index in [0.29, 0.717) is 31.9 Å². The molecule has 1 aromatic rings. The zero-order chi connectivity index (χ0) is 18.2. The molecular weight excluding hydrogens is 348 g/mol. The summed E-state index contributed by atoms with van der Waals surface area (Å²) < 4.78 is 26.7. The molecule has 2 unspecified atom stereocenters. The van der Waals surface area contributed by atoms with Gasteiger partial charge in [-0.1, -0.05) is 0 Å². The van der Waals surface area contributed by atoms with Crippen LogP contribution in [-0.4, -0.2) is 67.7 Å². The number of amides is 1. The van der Waals surface area contributed by atoms with Crippen molar-refractivity contribution in [2.24, 2.45) is 5.92 Å². The summed E-state index contributed by atoms with van der Waals surface area (Å²) in [6.07, 6.45) is 0.245. The lowest BCUT2D eigenvalue weighted by molar-refractivity contribution is -0.497. The molecule has 25 heavy (non-hydrogen) atoms. The van der Waals surface area contributed by atoms with Crippen LogP contribution in [0.5, 0.6) is 0 Å². The second-order valence-corrected chi connectivity index (χ2v) is 8.35. The molecule has 0 aromatic heterocycles. The summed E-state index contributed by atoms with van der Waals surface area (Å²) in [6.45, 7) is 2.27. The molecule has 9 nitrogen and oxygen atoms in total. The normalized spacial score (nSPS) is 24.7. The minimum Gasteiger partial charge on any atom is -0.326 e. The average Bonchev–Trinajstić information content (AvgIpc) is 3.37. The number of anilines is 1. The predicted octanol–water partition coefficient (Wildman–Crippen LogP) is 0.226. The van der Waals surface area contributed by atoms with Crippen molar-refractivity contribution in [3.8, 4) is 0 Å². The molecule has 1 amide bonds. The van der Waals surface area contributed by atoms with Gasteiger partial charge in [-0.3, -0.25) is 14.9 Å². The van der Waals surface area contributed by atoms with E-state index in [1.807, 2.05) is 7.05 Å². The van der Waals surface area contributed by atoms with Crippen LogP contribution in [0.25, 0.3) is 0 Å². The Bertz CT molecular complexity index is 772.